The number of amides is 1. The largest absolute Gasteiger partial charge is 0.467 e. The standard InChI is InChI=1S/C53H93FN6O4/c1-13-16-28-58(45-20-19-41(7)43(33-45)21-25-51(9,10)37-64-38-61)29-22-46(59-35-53(14-2,15-3)36-59)48(42(8)57(12)27-18-17-26-55)56-50(62)49(39(4)5)60-34-40(6)32-47(60)52(11,54)44-23-30-63-31-24-44/h19-20,33,38-40,44,46-49H,8,13-18,21-32,34-37,55H2,1-7,9-12H3,(H,56,62)/t40?,46?,47-,48?,49?,52-/m0/s1. The summed E-state index contributed by atoms with van der Waals surface area (Å²) in [5.41, 5.74) is 9.40. The van der Waals surface area contributed by atoms with Gasteiger partial charge in [-0.1, -0.05) is 74.5 Å². The molecule has 3 aliphatic heterocycles. The molecule has 4 unspecified atom stereocenters. The number of likely N-dealkylation sites (tertiary alicyclic amines) is 2. The average Bonchev–Trinajstić information content (AvgIpc) is 3.65. The lowest BCUT2D eigenvalue weighted by molar-refractivity contribution is -0.133. The van der Waals surface area contributed by atoms with E-state index < -0.39 is 11.7 Å². The van der Waals surface area contributed by atoms with E-state index in [0.29, 0.717) is 52.2 Å². The first-order chi connectivity index (χ1) is 30.4. The molecule has 64 heavy (non-hydrogen) atoms. The van der Waals surface area contributed by atoms with Crippen LogP contribution in [-0.2, 0) is 25.5 Å². The number of carbonyl (C=O) groups excluding carboxylic acids is 2. The van der Waals surface area contributed by atoms with Gasteiger partial charge in [-0.3, -0.25) is 19.4 Å². The summed E-state index contributed by atoms with van der Waals surface area (Å²) in [5, 5.41) is 3.71. The molecule has 0 radical (unpaired) electrons. The molecule has 0 aromatic heterocycles. The van der Waals surface area contributed by atoms with Gasteiger partial charge < -0.3 is 30.3 Å². The van der Waals surface area contributed by atoms with Gasteiger partial charge in [0.15, 0.2) is 0 Å². The second-order valence-corrected chi connectivity index (χ2v) is 21.7. The molecule has 0 bridgehead atoms. The van der Waals surface area contributed by atoms with E-state index in [9.17, 15) is 4.79 Å². The van der Waals surface area contributed by atoms with Crippen LogP contribution in [0.4, 0.5) is 10.1 Å². The Labute approximate surface area is 390 Å². The Morgan fingerprint density at radius 1 is 1.09 bits per heavy atom. The van der Waals surface area contributed by atoms with Gasteiger partial charge >= 0.3 is 0 Å². The summed E-state index contributed by atoms with van der Waals surface area (Å²) in [6.07, 6.45) is 11.1. The minimum Gasteiger partial charge on any atom is -0.467 e. The maximum atomic E-state index is 17.4. The number of hydrogen-bond donors (Lipinski definition) is 2. The molecular weight excluding hydrogens is 804 g/mol. The fourth-order valence-electron chi connectivity index (χ4n) is 11.1. The number of anilines is 1. The van der Waals surface area contributed by atoms with E-state index in [1.54, 1.807) is 6.92 Å². The minimum absolute atomic E-state index is 0.00193. The second kappa shape index (κ2) is 24.9. The number of rotatable bonds is 29. The molecular formula is C53H93FN6O4. The molecule has 0 saturated carbocycles. The van der Waals surface area contributed by atoms with Crippen LogP contribution < -0.4 is 16.0 Å². The SMILES string of the molecule is C=C(C(NC(=O)C(C(C)C)N1CC(C)C[C@H]1[C@@](C)(F)C1CCOCC1)C(CCN(CCCC)c1ccc(C)c(CCC(C)(C)COC=O)c1)N1CC(CC)(CC)C1)N(C)CCCCN. The van der Waals surface area contributed by atoms with Crippen molar-refractivity contribution >= 4 is 18.1 Å². The van der Waals surface area contributed by atoms with Crippen LogP contribution in [0.5, 0.6) is 0 Å². The summed E-state index contributed by atoms with van der Waals surface area (Å²) in [5.74, 6) is 0.160. The predicted molar refractivity (Wildman–Crippen MR) is 263 cm³/mol. The van der Waals surface area contributed by atoms with E-state index in [1.165, 1.54) is 16.8 Å². The van der Waals surface area contributed by atoms with Crippen molar-refractivity contribution in [3.05, 3.63) is 41.6 Å². The number of carbonyl (C=O) groups is 2. The van der Waals surface area contributed by atoms with Gasteiger partial charge in [0.25, 0.3) is 6.47 Å². The highest BCUT2D eigenvalue weighted by Gasteiger charge is 2.52. The Kier molecular flexibility index (Phi) is 20.9. The maximum Gasteiger partial charge on any atom is 0.293 e. The highest BCUT2D eigenvalue weighted by molar-refractivity contribution is 5.83. The third kappa shape index (κ3) is 14.1. The number of unbranched alkanes of at least 4 members (excludes halogenated alkanes) is 2. The van der Waals surface area contributed by atoms with Crippen LogP contribution >= 0.6 is 0 Å². The van der Waals surface area contributed by atoms with Crippen molar-refractivity contribution < 1.29 is 23.5 Å². The maximum absolute atomic E-state index is 17.4. The molecule has 4 rings (SSSR count). The molecule has 3 aliphatic rings. The lowest BCUT2D eigenvalue weighted by atomic mass is 9.73. The molecule has 0 spiro atoms. The molecule has 1 aromatic rings. The van der Waals surface area contributed by atoms with Gasteiger partial charge in [-0.15, -0.1) is 0 Å². The van der Waals surface area contributed by atoms with E-state index in [1.807, 2.05) is 0 Å². The second-order valence-electron chi connectivity index (χ2n) is 21.7. The zero-order valence-electron chi connectivity index (χ0n) is 42.5. The molecule has 6 atom stereocenters. The summed E-state index contributed by atoms with van der Waals surface area (Å²) in [7, 11) is 2.11. The Bertz CT molecular complexity index is 1590. The topological polar surface area (TPSA) is 104 Å². The zero-order valence-corrected chi connectivity index (χ0v) is 42.5. The molecule has 3 fully saturated rings. The molecule has 366 valence electrons. The van der Waals surface area contributed by atoms with Crippen LogP contribution in [0.3, 0.4) is 0 Å². The fraction of sp³-hybridized carbons (Fsp3) is 0.811. The summed E-state index contributed by atoms with van der Waals surface area (Å²) in [6.45, 7) is 34.5. The molecule has 10 nitrogen and oxygen atoms in total. The summed E-state index contributed by atoms with van der Waals surface area (Å²) >= 11 is 0. The first kappa shape index (κ1) is 53.9. The van der Waals surface area contributed by atoms with Crippen molar-refractivity contribution in [3.63, 3.8) is 0 Å². The van der Waals surface area contributed by atoms with Gasteiger partial charge in [-0.05, 0) is 143 Å². The molecule has 1 aromatic carbocycles. The van der Waals surface area contributed by atoms with Gasteiger partial charge in [0, 0.05) is 83.0 Å². The van der Waals surface area contributed by atoms with Crippen LogP contribution in [-0.4, -0.2) is 130 Å². The Morgan fingerprint density at radius 2 is 1.78 bits per heavy atom. The third-order valence-corrected chi connectivity index (χ3v) is 15.8. The number of benzene rings is 1. The number of hydrogen-bond acceptors (Lipinski definition) is 9. The molecule has 3 saturated heterocycles. The van der Waals surface area contributed by atoms with Crippen molar-refractivity contribution in [2.75, 3.05) is 77.6 Å². The highest BCUT2D eigenvalue weighted by atomic mass is 19.1. The lowest BCUT2D eigenvalue weighted by Gasteiger charge is -2.55. The number of alkyl halides is 1. The van der Waals surface area contributed by atoms with E-state index >= 15 is 9.18 Å². The smallest absolute Gasteiger partial charge is 0.293 e. The van der Waals surface area contributed by atoms with Crippen LogP contribution in [0.15, 0.2) is 30.5 Å². The monoisotopic (exact) mass is 897 g/mol. The number of ether oxygens (including phenoxy) is 2. The van der Waals surface area contributed by atoms with Crippen molar-refractivity contribution in [2.45, 2.75) is 176 Å². The zero-order chi connectivity index (χ0) is 47.2. The quantitative estimate of drug-likeness (QED) is 0.0602. The fourth-order valence-corrected chi connectivity index (χ4v) is 11.1. The molecule has 3 heterocycles. The molecule has 0 aliphatic carbocycles. The number of nitrogens with two attached hydrogens (primary N) is 1. The Morgan fingerprint density at radius 3 is 2.39 bits per heavy atom. The number of aryl methyl sites for hydroxylation is 2. The summed E-state index contributed by atoms with van der Waals surface area (Å²) < 4.78 is 28.2. The normalized spacial score (nSPS) is 22.0. The molecule has 11 heteroatoms. The van der Waals surface area contributed by atoms with Gasteiger partial charge in [-0.25, -0.2) is 4.39 Å². The van der Waals surface area contributed by atoms with Crippen LogP contribution in [0.1, 0.15) is 144 Å². The van der Waals surface area contributed by atoms with E-state index in [2.05, 4.69) is 112 Å². The highest BCUT2D eigenvalue weighted by Crippen LogP contribution is 2.44. The average molecular weight is 897 g/mol. The van der Waals surface area contributed by atoms with E-state index in [4.69, 9.17) is 21.8 Å². The van der Waals surface area contributed by atoms with Crippen LogP contribution in [0, 0.1) is 35.5 Å². The number of likely N-dealkylation sites (N-methyl/N-ethyl adjacent to an activating group) is 1. The van der Waals surface area contributed by atoms with Crippen LogP contribution in [0.25, 0.3) is 0 Å². The van der Waals surface area contributed by atoms with Crippen molar-refractivity contribution in [2.24, 2.45) is 34.3 Å². The van der Waals surface area contributed by atoms with Gasteiger partial charge in [-0.2, -0.15) is 0 Å². The van der Waals surface area contributed by atoms with Gasteiger partial charge in [0.05, 0.1) is 18.7 Å². The number of nitrogens with zero attached hydrogens (tertiary/aromatic N) is 4. The van der Waals surface area contributed by atoms with E-state index in [-0.39, 0.29) is 52.6 Å². The first-order valence-electron chi connectivity index (χ1n) is 25.4. The van der Waals surface area contributed by atoms with Crippen molar-refractivity contribution in [1.29, 1.82) is 0 Å². The van der Waals surface area contributed by atoms with Crippen molar-refractivity contribution in [3.8, 4) is 0 Å². The summed E-state index contributed by atoms with van der Waals surface area (Å²) in [6, 6.07) is 5.75. The first-order valence-corrected chi connectivity index (χ1v) is 25.4. The van der Waals surface area contributed by atoms with E-state index in [0.717, 1.165) is 103 Å². The van der Waals surface area contributed by atoms with Crippen molar-refractivity contribution in [1.82, 2.24) is 20.0 Å². The third-order valence-electron chi connectivity index (χ3n) is 15.8. The van der Waals surface area contributed by atoms with Gasteiger partial charge in [0.2, 0.25) is 5.91 Å². The Balaban J connectivity index is 1.72. The van der Waals surface area contributed by atoms with Crippen LogP contribution in [0.2, 0.25) is 0 Å². The summed E-state index contributed by atoms with van der Waals surface area (Å²) in [4.78, 5) is 36.0. The predicted octanol–water partition coefficient (Wildman–Crippen LogP) is 9.17. The Hall–Kier alpha value is -2.73. The molecule has 3 N–H and O–H groups in total. The number of halogens is 1. The lowest BCUT2D eigenvalue weighted by Crippen LogP contribution is -2.67. The minimum atomic E-state index is -1.43. The number of nitrogens with one attached hydrogen (secondary N) is 1. The molecule has 1 amide bonds. The van der Waals surface area contributed by atoms with Gasteiger partial charge in [0.1, 0.15) is 5.67 Å².